The lowest BCUT2D eigenvalue weighted by atomic mass is 9.76. The zero-order chi connectivity index (χ0) is 71.5. The Bertz CT molecular complexity index is 3720. The van der Waals surface area contributed by atoms with Gasteiger partial charge in [0, 0.05) is 93.8 Å². The number of hydrogen-bond donors (Lipinski definition) is 10. The molecule has 13 N–H and O–H groups in total. The molecule has 0 spiro atoms. The van der Waals surface area contributed by atoms with Gasteiger partial charge in [0.15, 0.2) is 34.9 Å². The summed E-state index contributed by atoms with van der Waals surface area (Å²) in [5.41, 5.74) is 20.3. The van der Waals surface area contributed by atoms with Crippen molar-refractivity contribution >= 4 is 52.6 Å². The molecule has 6 unspecified atom stereocenters. The molecule has 3 saturated heterocycles. The largest absolute Gasteiger partial charge is 0.396 e. The van der Waals surface area contributed by atoms with E-state index in [4.69, 9.17) is 17.2 Å². The second kappa shape index (κ2) is 33.0. The maximum atomic E-state index is 15.5. The van der Waals surface area contributed by atoms with Crippen molar-refractivity contribution in [2.45, 2.75) is 148 Å². The first-order chi connectivity index (χ1) is 47.8. The van der Waals surface area contributed by atoms with E-state index in [2.05, 4.69) is 94.4 Å². The number of aromatic nitrogens is 6. The van der Waals surface area contributed by atoms with Crippen LogP contribution in [0.3, 0.4) is 0 Å². The third-order valence-electron chi connectivity index (χ3n) is 20.3. The van der Waals surface area contributed by atoms with Gasteiger partial charge in [-0.1, -0.05) is 96.4 Å². The highest BCUT2D eigenvalue weighted by molar-refractivity contribution is 5.76. The molecule has 6 atom stereocenters. The van der Waals surface area contributed by atoms with Crippen LogP contribution in [0.2, 0.25) is 0 Å². The van der Waals surface area contributed by atoms with Crippen LogP contribution in [0.1, 0.15) is 105 Å². The minimum absolute atomic E-state index is 0.0409. The Morgan fingerprint density at radius 3 is 1.25 bits per heavy atom. The molecule has 0 radical (unpaired) electrons. The van der Waals surface area contributed by atoms with Gasteiger partial charge in [0.2, 0.25) is 35.2 Å². The van der Waals surface area contributed by atoms with E-state index in [1.54, 1.807) is 11.8 Å². The van der Waals surface area contributed by atoms with Crippen LogP contribution < -0.4 is 47.9 Å². The molecule has 3 aromatic carbocycles. The number of likely N-dealkylation sites (tertiary alicyclic amines) is 3. The van der Waals surface area contributed by atoms with Gasteiger partial charge >= 0.3 is 0 Å². The van der Waals surface area contributed by atoms with Gasteiger partial charge in [0.1, 0.15) is 19.0 Å². The predicted molar refractivity (Wildman–Crippen MR) is 377 cm³/mol. The van der Waals surface area contributed by atoms with Gasteiger partial charge in [0.05, 0.1) is 44.1 Å². The molecule has 6 aromatic rings. The van der Waals surface area contributed by atoms with Crippen LogP contribution in [-0.4, -0.2) is 204 Å². The Labute approximate surface area is 583 Å². The average molecular weight is 1390 g/mol. The lowest BCUT2D eigenvalue weighted by Gasteiger charge is -2.44. The zero-order valence-electron chi connectivity index (χ0n) is 58.0. The third kappa shape index (κ3) is 19.8. The van der Waals surface area contributed by atoms with Crippen LogP contribution in [0.5, 0.6) is 0 Å². The molecule has 3 saturated carbocycles. The van der Waals surface area contributed by atoms with Gasteiger partial charge in [0.25, 0.3) is 0 Å². The maximum absolute atomic E-state index is 15.5. The van der Waals surface area contributed by atoms with E-state index in [9.17, 15) is 34.8 Å². The van der Waals surface area contributed by atoms with E-state index in [-0.39, 0.29) is 86.6 Å². The second-order valence-electron chi connectivity index (χ2n) is 28.8. The fraction of sp³-hybridized carbons (Fsp3) is 0.542. The Balaban J connectivity index is 0.000000162. The zero-order valence-corrected chi connectivity index (χ0v) is 58.0. The minimum Gasteiger partial charge on any atom is -0.396 e. The number of carbonyl (C=O) groups is 3. The highest BCUT2D eigenvalue weighted by Gasteiger charge is 2.44. The SMILES string of the molecule is Cc1ccc(CN(c2ncnc(NCC3(C)CCN(CC(N)=O)CC3O)c2F)C2CC2)cc1.Cc1ccc(CN(c2ncnc(NCC3(CO)CCN(CC(N)=O)CC3O)c2F)C2CC2)cc1.Cc1ccc(CN(c2ncnc(NCC3CCN(CC(N)=O)CC3(C)O)c2F)C2CC2)cc1. The van der Waals surface area contributed by atoms with Crippen molar-refractivity contribution in [2.24, 2.45) is 33.9 Å². The van der Waals surface area contributed by atoms with Crippen LogP contribution in [0, 0.1) is 55.0 Å². The summed E-state index contributed by atoms with van der Waals surface area (Å²) in [6, 6.07) is 25.5. The van der Waals surface area contributed by atoms with Crippen molar-refractivity contribution in [1.82, 2.24) is 44.6 Å². The number of aliphatic hydroxyl groups excluding tert-OH is 3. The number of aryl methyl sites for hydroxylation is 3. The summed E-state index contributed by atoms with van der Waals surface area (Å²) in [4.78, 5) is 70.2. The number of benzene rings is 3. The van der Waals surface area contributed by atoms with Crippen molar-refractivity contribution < 1.29 is 48.0 Å². The molecule has 3 aliphatic heterocycles. The van der Waals surface area contributed by atoms with E-state index in [1.807, 2.05) is 76.5 Å². The highest BCUT2D eigenvalue weighted by Crippen LogP contribution is 2.40. The van der Waals surface area contributed by atoms with E-state index >= 15 is 13.2 Å². The summed E-state index contributed by atoms with van der Waals surface area (Å²) in [6.45, 7) is 15.1. The Morgan fingerprint density at radius 2 is 0.890 bits per heavy atom. The lowest BCUT2D eigenvalue weighted by Crippen LogP contribution is -2.56. The quantitative estimate of drug-likeness (QED) is 0.0303. The number of rotatable bonds is 28. The van der Waals surface area contributed by atoms with Crippen LogP contribution in [0.4, 0.5) is 48.1 Å². The van der Waals surface area contributed by atoms with E-state index in [0.717, 1.165) is 55.2 Å². The second-order valence-corrected chi connectivity index (χ2v) is 28.8. The van der Waals surface area contributed by atoms with Crippen molar-refractivity contribution in [3.63, 3.8) is 0 Å². The van der Waals surface area contributed by atoms with E-state index in [1.165, 1.54) is 35.7 Å². The molecule has 3 aliphatic carbocycles. The number of halogens is 3. The van der Waals surface area contributed by atoms with Gasteiger partial charge < -0.3 is 68.3 Å². The lowest BCUT2D eigenvalue weighted by molar-refractivity contribution is -0.123. The molecule has 6 aliphatic rings. The molecule has 12 rings (SSSR count). The maximum Gasteiger partial charge on any atom is 0.231 e. The molecule has 3 amide bonds. The van der Waals surface area contributed by atoms with Crippen molar-refractivity contribution in [1.29, 1.82) is 0 Å². The molecule has 0 bridgehead atoms. The fourth-order valence-corrected chi connectivity index (χ4v) is 13.4. The van der Waals surface area contributed by atoms with Crippen LogP contribution >= 0.6 is 0 Å². The first kappa shape index (κ1) is 74.3. The number of nitrogens with zero attached hydrogens (tertiary/aromatic N) is 12. The molecule has 540 valence electrons. The summed E-state index contributed by atoms with van der Waals surface area (Å²) in [5.74, 6) is -1.72. The topological polar surface area (TPSA) is 343 Å². The number of amides is 3. The van der Waals surface area contributed by atoms with Gasteiger partial charge in [-0.05, 0) is 122 Å². The monoisotopic (exact) mass is 1380 g/mol. The molecule has 100 heavy (non-hydrogen) atoms. The van der Waals surface area contributed by atoms with Gasteiger partial charge in [-0.3, -0.25) is 29.1 Å². The molecule has 25 nitrogen and oxygen atoms in total. The molecular weight excluding hydrogens is 1290 g/mol. The number of anilines is 6. The molecular formula is C72H99F3N18O7. The van der Waals surface area contributed by atoms with Gasteiger partial charge in [-0.2, -0.15) is 13.2 Å². The van der Waals surface area contributed by atoms with Crippen molar-refractivity contribution in [2.75, 3.05) is 116 Å². The number of primary amides is 3. The summed E-state index contributed by atoms with van der Waals surface area (Å²) in [6.07, 6.45) is 10.3. The number of hydrogen-bond acceptors (Lipinski definition) is 22. The number of aliphatic hydroxyl groups is 4. The van der Waals surface area contributed by atoms with Crippen LogP contribution in [0.15, 0.2) is 91.8 Å². The number of piperidine rings is 3. The van der Waals surface area contributed by atoms with Crippen molar-refractivity contribution in [3.05, 3.63) is 143 Å². The summed E-state index contributed by atoms with van der Waals surface area (Å²) < 4.78 is 46.5. The number of carbonyl (C=O) groups excluding carboxylic acids is 3. The van der Waals surface area contributed by atoms with E-state index in [0.29, 0.717) is 96.3 Å². The Kier molecular flexibility index (Phi) is 24.5. The first-order valence-corrected chi connectivity index (χ1v) is 34.7. The van der Waals surface area contributed by atoms with Gasteiger partial charge in [-0.25, -0.2) is 29.9 Å². The number of nitrogens with two attached hydrogens (primary N) is 3. The summed E-state index contributed by atoms with van der Waals surface area (Å²) >= 11 is 0. The van der Waals surface area contributed by atoms with Crippen LogP contribution in [0.25, 0.3) is 0 Å². The van der Waals surface area contributed by atoms with Crippen molar-refractivity contribution in [3.8, 4) is 0 Å². The summed E-state index contributed by atoms with van der Waals surface area (Å²) in [5, 5.41) is 51.6. The Morgan fingerprint density at radius 1 is 0.520 bits per heavy atom. The molecule has 6 heterocycles. The summed E-state index contributed by atoms with van der Waals surface area (Å²) in [7, 11) is 0. The highest BCUT2D eigenvalue weighted by atomic mass is 19.1. The smallest absolute Gasteiger partial charge is 0.231 e. The third-order valence-corrected chi connectivity index (χ3v) is 20.3. The normalized spacial score (nSPS) is 23.2. The van der Waals surface area contributed by atoms with E-state index < -0.39 is 63.8 Å². The standard InChI is InChI=1S/C24H33FN6O3.2C24H33FN6O2/c1-16-2-4-17(5-3-16)10-31(18-6-7-18)23-21(25)22(28-15-29-23)27-13-24(14-32)8-9-30(11-19(24)33)12-20(26)34;1-16-3-5-17(6-4-16)12-31(19-7-8-19)23-21(25)22(28-15-29-23)27-11-18-9-10-30(13-20(26)32)14-24(18,2)33;1-16-3-5-17(6-4-16)11-31(18-7-8-18)23-21(25)22(28-15-29-23)27-14-24(2)9-10-30(12-19(24)32)13-20(26)33/h2-5,15,18-19,32-33H,6-14H2,1H3,(H2,26,34)(H,27,28,29);3-6,15,18-19,33H,7-14H2,1-2H3,(H2,26,32)(H,27,28,29);3-6,15,18-19,32H,7-14H2,1-2H3,(H2,26,33)(H,27,28,29). The average Bonchev–Trinajstić information content (AvgIpc) is 1.33. The molecule has 6 fully saturated rings. The Hall–Kier alpha value is -8.38. The fourth-order valence-electron chi connectivity index (χ4n) is 13.4. The van der Waals surface area contributed by atoms with Gasteiger partial charge in [-0.15, -0.1) is 0 Å². The van der Waals surface area contributed by atoms with Crippen LogP contribution in [-0.2, 0) is 34.0 Å². The minimum atomic E-state index is -1.03. The first-order valence-electron chi connectivity index (χ1n) is 34.7. The predicted octanol–water partition coefficient (Wildman–Crippen LogP) is 5.16. The molecule has 3 aromatic heterocycles. The number of β-amino-alcohol motifs (C(OH)–C–C–N with tert-alkyl or cyclic N) is 3. The molecule has 28 heteroatoms. The number of nitrogens with one attached hydrogen (secondary N) is 3.